The molecule has 3 aromatic rings. The lowest BCUT2D eigenvalue weighted by molar-refractivity contribution is 0.397. The number of hydrogen-bond donors (Lipinski definition) is 3. The van der Waals surface area contributed by atoms with Gasteiger partial charge in [0.2, 0.25) is 5.88 Å². The number of aromatic nitrogens is 1. The average molecular weight is 410 g/mol. The first kappa shape index (κ1) is 17.9. The standard InChI is InChI=1S/C19H12ClN5O2S/c1-24-19-11(7-22)14-16(28-19)15-13(18(26)25-14)12(10(6-21)17(23)27-15)8-2-4-9(20)5-3-8/h2-5,12,24H,23H2,1H3,(H,25,26). The molecule has 1 aliphatic heterocycles. The van der Waals surface area contributed by atoms with Crippen LogP contribution in [0.3, 0.4) is 0 Å². The van der Waals surface area contributed by atoms with Crippen molar-refractivity contribution in [1.29, 1.82) is 10.5 Å². The zero-order valence-electron chi connectivity index (χ0n) is 14.5. The number of hydrogen-bond acceptors (Lipinski definition) is 7. The molecule has 0 radical (unpaired) electrons. The normalized spacial score (nSPS) is 15.5. The number of nitrogens with one attached hydrogen (secondary N) is 2. The van der Waals surface area contributed by atoms with E-state index in [9.17, 15) is 15.3 Å². The Balaban J connectivity index is 2.09. The Bertz CT molecular complexity index is 1290. The minimum atomic E-state index is -0.704. The fraction of sp³-hybridized carbons (Fsp3) is 0.105. The Hall–Kier alpha value is -3.46. The van der Waals surface area contributed by atoms with Gasteiger partial charge in [-0.25, -0.2) is 0 Å². The van der Waals surface area contributed by atoms with E-state index in [0.29, 0.717) is 31.4 Å². The summed E-state index contributed by atoms with van der Waals surface area (Å²) in [5.41, 5.74) is 7.39. The number of nitrogens with zero attached hydrogens (tertiary/aromatic N) is 2. The van der Waals surface area contributed by atoms with Gasteiger partial charge in [-0.15, -0.1) is 11.3 Å². The first-order valence-electron chi connectivity index (χ1n) is 8.13. The number of thiophene rings is 1. The predicted octanol–water partition coefficient (Wildman–Crippen LogP) is 3.37. The average Bonchev–Trinajstić information content (AvgIpc) is 3.05. The van der Waals surface area contributed by atoms with Crippen LogP contribution < -0.4 is 21.3 Å². The molecule has 0 saturated carbocycles. The zero-order chi connectivity index (χ0) is 20.0. The van der Waals surface area contributed by atoms with Crippen molar-refractivity contribution in [1.82, 2.24) is 4.98 Å². The van der Waals surface area contributed by atoms with Crippen molar-refractivity contribution < 1.29 is 4.74 Å². The van der Waals surface area contributed by atoms with E-state index in [-0.39, 0.29) is 22.8 Å². The van der Waals surface area contributed by atoms with Crippen LogP contribution in [0.15, 0.2) is 40.5 Å². The molecule has 2 aromatic heterocycles. The topological polar surface area (TPSA) is 128 Å². The smallest absolute Gasteiger partial charge is 0.256 e. The van der Waals surface area contributed by atoms with Crippen LogP contribution in [0.4, 0.5) is 5.00 Å². The largest absolute Gasteiger partial charge is 0.438 e. The fourth-order valence-corrected chi connectivity index (χ4v) is 4.50. The lowest BCUT2D eigenvalue weighted by atomic mass is 9.84. The monoisotopic (exact) mass is 409 g/mol. The summed E-state index contributed by atoms with van der Waals surface area (Å²) in [5.74, 6) is -0.511. The number of pyridine rings is 1. The number of aromatic amines is 1. The molecule has 138 valence electrons. The molecule has 1 aliphatic rings. The number of fused-ring (bicyclic) bond motifs is 3. The number of halogens is 1. The molecular weight excluding hydrogens is 398 g/mol. The molecule has 0 aliphatic carbocycles. The van der Waals surface area contributed by atoms with Crippen LogP contribution in [0.25, 0.3) is 10.2 Å². The SMILES string of the molecule is CNc1sc2c3c(c(=O)[nH]c2c1C#N)C(c1ccc(Cl)cc1)C(C#N)=C(N)O3. The first-order valence-corrected chi connectivity index (χ1v) is 9.33. The summed E-state index contributed by atoms with van der Waals surface area (Å²) in [6, 6.07) is 11.0. The third-order valence-electron chi connectivity index (χ3n) is 4.56. The Morgan fingerprint density at radius 3 is 2.61 bits per heavy atom. The zero-order valence-corrected chi connectivity index (χ0v) is 16.0. The molecular formula is C19H12ClN5O2S. The molecule has 1 atom stereocenters. The maximum Gasteiger partial charge on any atom is 0.256 e. The lowest BCUT2D eigenvalue weighted by Crippen LogP contribution is -2.27. The summed E-state index contributed by atoms with van der Waals surface area (Å²) in [6.07, 6.45) is 0. The maximum atomic E-state index is 13.0. The fourth-order valence-electron chi connectivity index (χ4n) is 3.32. The molecule has 4 rings (SSSR count). The Labute approximate surface area is 168 Å². The van der Waals surface area contributed by atoms with Crippen molar-refractivity contribution in [3.05, 3.63) is 67.8 Å². The van der Waals surface area contributed by atoms with Gasteiger partial charge in [0.1, 0.15) is 28.3 Å². The predicted molar refractivity (Wildman–Crippen MR) is 107 cm³/mol. The van der Waals surface area contributed by atoms with Crippen molar-refractivity contribution in [3.8, 4) is 17.9 Å². The van der Waals surface area contributed by atoms with Crippen molar-refractivity contribution in [2.45, 2.75) is 5.92 Å². The van der Waals surface area contributed by atoms with Gasteiger partial charge in [-0.3, -0.25) is 4.79 Å². The summed E-state index contributed by atoms with van der Waals surface area (Å²) in [7, 11) is 1.69. The van der Waals surface area contributed by atoms with Gasteiger partial charge in [0.15, 0.2) is 5.75 Å². The van der Waals surface area contributed by atoms with Crippen molar-refractivity contribution in [2.75, 3.05) is 12.4 Å². The van der Waals surface area contributed by atoms with Gasteiger partial charge in [0, 0.05) is 12.1 Å². The van der Waals surface area contributed by atoms with Gasteiger partial charge in [-0.05, 0) is 17.7 Å². The van der Waals surface area contributed by atoms with Crippen LogP contribution in [-0.2, 0) is 0 Å². The lowest BCUT2D eigenvalue weighted by Gasteiger charge is -2.25. The summed E-state index contributed by atoms with van der Waals surface area (Å²) < 4.78 is 6.30. The van der Waals surface area contributed by atoms with Gasteiger partial charge < -0.3 is 20.8 Å². The van der Waals surface area contributed by atoms with E-state index in [1.807, 2.05) is 0 Å². The van der Waals surface area contributed by atoms with E-state index in [1.54, 1.807) is 31.3 Å². The third-order valence-corrected chi connectivity index (χ3v) is 6.02. The molecule has 0 saturated heterocycles. The second-order valence-corrected chi connectivity index (χ2v) is 7.50. The molecule has 7 nitrogen and oxygen atoms in total. The highest BCUT2D eigenvalue weighted by Gasteiger charge is 2.35. The van der Waals surface area contributed by atoms with Gasteiger partial charge in [-0.1, -0.05) is 23.7 Å². The highest BCUT2D eigenvalue weighted by atomic mass is 35.5. The molecule has 0 spiro atoms. The van der Waals surface area contributed by atoms with Crippen LogP contribution >= 0.6 is 22.9 Å². The highest BCUT2D eigenvalue weighted by Crippen LogP contribution is 2.47. The van der Waals surface area contributed by atoms with Crippen molar-refractivity contribution in [3.63, 3.8) is 0 Å². The molecule has 1 aromatic carbocycles. The number of anilines is 1. The second kappa shape index (κ2) is 6.61. The van der Waals surface area contributed by atoms with E-state index < -0.39 is 11.5 Å². The number of ether oxygens (including phenoxy) is 1. The minimum Gasteiger partial charge on any atom is -0.438 e. The van der Waals surface area contributed by atoms with Crippen LogP contribution in [0.2, 0.25) is 5.02 Å². The van der Waals surface area contributed by atoms with E-state index in [0.717, 1.165) is 0 Å². The Morgan fingerprint density at radius 1 is 1.29 bits per heavy atom. The number of nitrogens with two attached hydrogens (primary N) is 1. The number of benzene rings is 1. The maximum absolute atomic E-state index is 13.0. The summed E-state index contributed by atoms with van der Waals surface area (Å²) >= 11 is 7.25. The van der Waals surface area contributed by atoms with E-state index in [4.69, 9.17) is 22.1 Å². The molecule has 3 heterocycles. The van der Waals surface area contributed by atoms with Crippen LogP contribution in [0.5, 0.6) is 5.75 Å². The summed E-state index contributed by atoms with van der Waals surface area (Å²) in [4.78, 5) is 15.8. The van der Waals surface area contributed by atoms with Crippen molar-refractivity contribution in [2.24, 2.45) is 5.73 Å². The van der Waals surface area contributed by atoms with Crippen LogP contribution in [0.1, 0.15) is 22.6 Å². The van der Waals surface area contributed by atoms with Gasteiger partial charge in [-0.2, -0.15) is 10.5 Å². The summed E-state index contributed by atoms with van der Waals surface area (Å²) in [6.45, 7) is 0. The van der Waals surface area contributed by atoms with E-state index in [1.165, 1.54) is 11.3 Å². The number of nitriles is 2. The number of rotatable bonds is 2. The number of H-pyrrole nitrogens is 1. The van der Waals surface area contributed by atoms with Crippen molar-refractivity contribution >= 4 is 38.2 Å². The van der Waals surface area contributed by atoms with E-state index >= 15 is 0 Å². The molecule has 0 fully saturated rings. The van der Waals surface area contributed by atoms with E-state index in [2.05, 4.69) is 22.4 Å². The minimum absolute atomic E-state index is 0.0697. The van der Waals surface area contributed by atoms with Crippen LogP contribution in [-0.4, -0.2) is 12.0 Å². The van der Waals surface area contributed by atoms with Crippen LogP contribution in [0, 0.1) is 22.7 Å². The summed E-state index contributed by atoms with van der Waals surface area (Å²) in [5, 5.41) is 23.2. The first-order chi connectivity index (χ1) is 13.5. The molecule has 1 unspecified atom stereocenters. The van der Waals surface area contributed by atoms with Gasteiger partial charge in [0.25, 0.3) is 5.56 Å². The van der Waals surface area contributed by atoms with Gasteiger partial charge >= 0.3 is 0 Å². The Morgan fingerprint density at radius 2 is 2.00 bits per heavy atom. The highest BCUT2D eigenvalue weighted by molar-refractivity contribution is 7.23. The number of allylic oxidation sites excluding steroid dienone is 1. The second-order valence-electron chi connectivity index (χ2n) is 6.05. The molecule has 9 heteroatoms. The molecule has 0 bridgehead atoms. The quantitative estimate of drug-likeness (QED) is 0.595. The Kier molecular flexibility index (Phi) is 4.23. The molecule has 28 heavy (non-hydrogen) atoms. The molecule has 4 N–H and O–H groups in total. The third kappa shape index (κ3) is 2.51. The van der Waals surface area contributed by atoms with Gasteiger partial charge in [0.05, 0.1) is 21.7 Å². The molecule has 0 amide bonds.